The lowest BCUT2D eigenvalue weighted by molar-refractivity contribution is 0.148. The fourth-order valence-corrected chi connectivity index (χ4v) is 1.18. The number of hydrogen-bond donors (Lipinski definition) is 1. The summed E-state index contributed by atoms with van der Waals surface area (Å²) in [7, 11) is 5.76. The molecule has 0 radical (unpaired) electrons. The van der Waals surface area contributed by atoms with Crippen LogP contribution >= 0.6 is 0 Å². The molecule has 3 amide bonds. The van der Waals surface area contributed by atoms with Gasteiger partial charge in [0, 0.05) is 27.2 Å². The van der Waals surface area contributed by atoms with Crippen LogP contribution < -0.4 is 5.32 Å². The highest BCUT2D eigenvalue weighted by Gasteiger charge is 2.23. The Morgan fingerprint density at radius 1 is 1.24 bits per heavy atom. The van der Waals surface area contributed by atoms with Gasteiger partial charge in [-0.05, 0) is 13.8 Å². The Bertz CT molecular complexity index is 315. The second-order valence-corrected chi connectivity index (χ2v) is 3.72. The van der Waals surface area contributed by atoms with Crippen LogP contribution in [0.25, 0.3) is 0 Å². The van der Waals surface area contributed by atoms with E-state index < -0.39 is 6.09 Å². The first-order chi connectivity index (χ1) is 7.84. The lowest BCUT2D eigenvalue weighted by Gasteiger charge is -2.26. The Balaban J connectivity index is 4.79. The van der Waals surface area contributed by atoms with Crippen molar-refractivity contribution in [3.63, 3.8) is 0 Å². The summed E-state index contributed by atoms with van der Waals surface area (Å²) in [5.74, 6) is 0.204. The van der Waals surface area contributed by atoms with Gasteiger partial charge in [-0.2, -0.15) is 0 Å². The molecule has 0 rings (SSSR count). The van der Waals surface area contributed by atoms with Gasteiger partial charge < -0.3 is 10.1 Å². The summed E-state index contributed by atoms with van der Waals surface area (Å²) in [6.45, 7) is 3.69. The van der Waals surface area contributed by atoms with E-state index in [1.807, 2.05) is 13.8 Å². The second-order valence-electron chi connectivity index (χ2n) is 3.72. The Labute approximate surface area is 101 Å². The van der Waals surface area contributed by atoms with Crippen molar-refractivity contribution in [2.45, 2.75) is 19.9 Å². The van der Waals surface area contributed by atoms with Crippen LogP contribution in [0.4, 0.5) is 9.59 Å². The van der Waals surface area contributed by atoms with Gasteiger partial charge in [0.15, 0.2) is 0 Å². The third-order valence-corrected chi connectivity index (χ3v) is 1.97. The highest BCUT2D eigenvalue weighted by molar-refractivity contribution is 6.02. The number of nitrogens with zero attached hydrogens (tertiary/aromatic N) is 3. The number of ether oxygens (including phenoxy) is 1. The lowest BCUT2D eigenvalue weighted by Crippen LogP contribution is -2.50. The number of carbonyl (C=O) groups is 2. The zero-order chi connectivity index (χ0) is 13.6. The maximum atomic E-state index is 11.7. The predicted molar refractivity (Wildman–Crippen MR) is 65.0 cm³/mol. The molecule has 0 aromatic heterocycles. The molecule has 0 spiro atoms. The molecule has 17 heavy (non-hydrogen) atoms. The maximum absolute atomic E-state index is 11.7. The first-order valence-electron chi connectivity index (χ1n) is 5.17. The van der Waals surface area contributed by atoms with Gasteiger partial charge in [-0.25, -0.2) is 9.59 Å². The van der Waals surface area contributed by atoms with Crippen LogP contribution in [0.5, 0.6) is 0 Å². The zero-order valence-electron chi connectivity index (χ0n) is 11.1. The number of nitrogens with one attached hydrogen (secondary N) is 1. The van der Waals surface area contributed by atoms with Crippen molar-refractivity contribution in [3.05, 3.63) is 0 Å². The minimum Gasteiger partial charge on any atom is -0.452 e. The van der Waals surface area contributed by atoms with Gasteiger partial charge in [0.1, 0.15) is 0 Å². The molecule has 0 saturated heterocycles. The molecule has 0 aromatic carbocycles. The first-order valence-corrected chi connectivity index (χ1v) is 5.17. The van der Waals surface area contributed by atoms with E-state index in [1.165, 1.54) is 33.2 Å². The molecule has 98 valence electrons. The normalized spacial score (nSPS) is 11.1. The number of guanidine groups is 1. The second kappa shape index (κ2) is 6.72. The van der Waals surface area contributed by atoms with E-state index in [-0.39, 0.29) is 18.0 Å². The number of urea groups is 1. The summed E-state index contributed by atoms with van der Waals surface area (Å²) in [4.78, 5) is 29.3. The Morgan fingerprint density at radius 2 is 1.76 bits per heavy atom. The first kappa shape index (κ1) is 15.2. The van der Waals surface area contributed by atoms with Crippen molar-refractivity contribution >= 4 is 18.1 Å². The summed E-state index contributed by atoms with van der Waals surface area (Å²) >= 11 is 0. The van der Waals surface area contributed by atoms with Crippen molar-refractivity contribution in [3.8, 4) is 0 Å². The standard InChI is InChI=1S/C10H20N4O3/c1-7(2)12-9(15)13(4)8(11-3)14(5)10(16)17-6/h7H,1-6H3,(H,12,15). The van der Waals surface area contributed by atoms with Gasteiger partial charge in [0.05, 0.1) is 7.11 Å². The highest BCUT2D eigenvalue weighted by Crippen LogP contribution is 1.98. The molecule has 7 heteroatoms. The van der Waals surface area contributed by atoms with Crippen molar-refractivity contribution in [2.75, 3.05) is 28.3 Å². The molecular formula is C10H20N4O3. The van der Waals surface area contributed by atoms with Gasteiger partial charge in [0.2, 0.25) is 5.96 Å². The van der Waals surface area contributed by atoms with Crippen molar-refractivity contribution in [1.29, 1.82) is 0 Å². The number of rotatable bonds is 1. The van der Waals surface area contributed by atoms with Crippen molar-refractivity contribution < 1.29 is 14.3 Å². The number of amides is 3. The molecule has 7 nitrogen and oxygen atoms in total. The molecular weight excluding hydrogens is 224 g/mol. The third kappa shape index (κ3) is 4.29. The van der Waals surface area contributed by atoms with Crippen LogP contribution in [0, 0.1) is 0 Å². The molecule has 0 aliphatic heterocycles. The number of aliphatic imine (C=N–C) groups is 1. The average molecular weight is 244 g/mol. The fourth-order valence-electron chi connectivity index (χ4n) is 1.18. The highest BCUT2D eigenvalue weighted by atomic mass is 16.5. The molecule has 0 bridgehead atoms. The molecule has 1 N–H and O–H groups in total. The van der Waals surface area contributed by atoms with E-state index in [0.29, 0.717) is 0 Å². The van der Waals surface area contributed by atoms with Crippen LogP contribution in [-0.2, 0) is 4.74 Å². The summed E-state index contributed by atoms with van der Waals surface area (Å²) in [5.41, 5.74) is 0. The van der Waals surface area contributed by atoms with Gasteiger partial charge in [-0.1, -0.05) is 0 Å². The van der Waals surface area contributed by atoms with E-state index in [2.05, 4.69) is 15.0 Å². The number of hydrogen-bond acceptors (Lipinski definition) is 4. The van der Waals surface area contributed by atoms with E-state index in [0.717, 1.165) is 4.90 Å². The third-order valence-electron chi connectivity index (χ3n) is 1.97. The Kier molecular flexibility index (Phi) is 6.01. The topological polar surface area (TPSA) is 74.2 Å². The van der Waals surface area contributed by atoms with Crippen molar-refractivity contribution in [1.82, 2.24) is 15.1 Å². The van der Waals surface area contributed by atoms with Gasteiger partial charge >= 0.3 is 12.1 Å². The van der Waals surface area contributed by atoms with Crippen LogP contribution in [0.3, 0.4) is 0 Å². The van der Waals surface area contributed by atoms with Crippen LogP contribution in [0.15, 0.2) is 4.99 Å². The molecule has 0 aromatic rings. The lowest BCUT2D eigenvalue weighted by atomic mass is 10.4. The largest absolute Gasteiger partial charge is 0.452 e. The minimum absolute atomic E-state index is 0.00601. The van der Waals surface area contributed by atoms with E-state index >= 15 is 0 Å². The maximum Gasteiger partial charge on any atom is 0.416 e. The minimum atomic E-state index is -0.588. The smallest absolute Gasteiger partial charge is 0.416 e. The van der Waals surface area contributed by atoms with Crippen LogP contribution in [-0.4, -0.2) is 62.2 Å². The van der Waals surface area contributed by atoms with Crippen LogP contribution in [0.1, 0.15) is 13.8 Å². The molecule has 0 unspecified atom stereocenters. The molecule has 0 atom stereocenters. The van der Waals surface area contributed by atoms with Gasteiger partial charge in [-0.15, -0.1) is 0 Å². The van der Waals surface area contributed by atoms with Gasteiger partial charge in [-0.3, -0.25) is 14.8 Å². The predicted octanol–water partition coefficient (Wildman–Crippen LogP) is 0.720. The SMILES string of the molecule is CN=C(N(C)C(=O)NC(C)C)N(C)C(=O)OC. The Morgan fingerprint density at radius 3 is 2.12 bits per heavy atom. The Hall–Kier alpha value is -1.79. The molecule has 0 heterocycles. The quantitative estimate of drug-likeness (QED) is 0.545. The summed E-state index contributed by atoms with van der Waals surface area (Å²) in [6.07, 6.45) is -0.588. The summed E-state index contributed by atoms with van der Waals surface area (Å²) in [6, 6.07) is -0.331. The molecule has 0 saturated carbocycles. The average Bonchev–Trinajstić information content (AvgIpc) is 2.27. The summed E-state index contributed by atoms with van der Waals surface area (Å²) < 4.78 is 4.55. The summed E-state index contributed by atoms with van der Waals surface area (Å²) in [5, 5.41) is 2.70. The van der Waals surface area contributed by atoms with Gasteiger partial charge in [0.25, 0.3) is 0 Å². The fraction of sp³-hybridized carbons (Fsp3) is 0.700. The van der Waals surface area contributed by atoms with E-state index in [1.54, 1.807) is 0 Å². The number of carbonyl (C=O) groups excluding carboxylic acids is 2. The molecule has 0 fully saturated rings. The zero-order valence-corrected chi connectivity index (χ0v) is 11.1. The molecule has 0 aliphatic rings. The monoisotopic (exact) mass is 244 g/mol. The van der Waals surface area contributed by atoms with Crippen LogP contribution in [0.2, 0.25) is 0 Å². The van der Waals surface area contributed by atoms with Crippen molar-refractivity contribution in [2.24, 2.45) is 4.99 Å². The number of methoxy groups -OCH3 is 1. The van der Waals surface area contributed by atoms with E-state index in [4.69, 9.17) is 0 Å². The van der Waals surface area contributed by atoms with E-state index in [9.17, 15) is 9.59 Å². The molecule has 0 aliphatic carbocycles.